The van der Waals surface area contributed by atoms with Gasteiger partial charge in [-0.2, -0.15) is 0 Å². The van der Waals surface area contributed by atoms with Crippen molar-refractivity contribution in [2.24, 2.45) is 5.14 Å². The predicted octanol–water partition coefficient (Wildman–Crippen LogP) is 1.07. The lowest BCUT2D eigenvalue weighted by molar-refractivity contribution is 0.186. The quantitative estimate of drug-likeness (QED) is 0.871. The number of piperidine rings is 1. The molecule has 6 nitrogen and oxygen atoms in total. The summed E-state index contributed by atoms with van der Waals surface area (Å²) in [4.78, 5) is 13.8. The van der Waals surface area contributed by atoms with Crippen LogP contribution >= 0.6 is 0 Å². The van der Waals surface area contributed by atoms with Gasteiger partial charge in [0, 0.05) is 19.6 Å². The van der Waals surface area contributed by atoms with Gasteiger partial charge in [-0.05, 0) is 43.4 Å². The summed E-state index contributed by atoms with van der Waals surface area (Å²) in [6.45, 7) is 2.19. The molecule has 1 aromatic rings. The van der Waals surface area contributed by atoms with E-state index in [1.54, 1.807) is 12.1 Å². The molecule has 21 heavy (non-hydrogen) atoms. The zero-order valence-corrected chi connectivity index (χ0v) is 12.7. The van der Waals surface area contributed by atoms with Crippen LogP contribution in [0.3, 0.4) is 0 Å². The minimum absolute atomic E-state index is 0.0177. The van der Waals surface area contributed by atoms with Crippen LogP contribution in [0.4, 0.5) is 4.79 Å². The lowest BCUT2D eigenvalue weighted by Crippen LogP contribution is -2.43. The number of likely N-dealkylation sites (tertiary alicyclic amines) is 1. The fourth-order valence-electron chi connectivity index (χ4n) is 2.37. The first-order chi connectivity index (χ1) is 9.97. The smallest absolute Gasteiger partial charge is 0.317 e. The van der Waals surface area contributed by atoms with E-state index in [0.717, 1.165) is 31.5 Å². The van der Waals surface area contributed by atoms with Crippen LogP contribution < -0.4 is 10.5 Å². The molecule has 0 saturated carbocycles. The van der Waals surface area contributed by atoms with Crippen LogP contribution in [0, 0.1) is 0 Å². The zero-order valence-electron chi connectivity index (χ0n) is 11.9. The molecule has 1 fully saturated rings. The molecule has 0 aliphatic carbocycles. The second kappa shape index (κ2) is 6.91. The highest BCUT2D eigenvalue weighted by molar-refractivity contribution is 7.89. The summed E-state index contributed by atoms with van der Waals surface area (Å²) in [5.74, 6) is 0. The molecule has 1 aliphatic heterocycles. The Morgan fingerprint density at radius 1 is 1.14 bits per heavy atom. The Labute approximate surface area is 125 Å². The number of benzene rings is 1. The summed E-state index contributed by atoms with van der Waals surface area (Å²) < 4.78 is 22.3. The van der Waals surface area contributed by atoms with Gasteiger partial charge in [0.15, 0.2) is 0 Å². The molecule has 1 heterocycles. The number of hydrogen-bond donors (Lipinski definition) is 2. The van der Waals surface area contributed by atoms with Crippen molar-refractivity contribution in [3.8, 4) is 0 Å². The van der Waals surface area contributed by atoms with Crippen molar-refractivity contribution in [3.63, 3.8) is 0 Å². The Balaban J connectivity index is 1.79. The van der Waals surface area contributed by atoms with E-state index >= 15 is 0 Å². The summed E-state index contributed by atoms with van der Waals surface area (Å²) in [6.07, 6.45) is 4.00. The molecule has 0 radical (unpaired) electrons. The van der Waals surface area contributed by atoms with E-state index in [1.165, 1.54) is 18.6 Å². The van der Waals surface area contributed by atoms with Crippen molar-refractivity contribution in [2.75, 3.05) is 19.6 Å². The second-order valence-corrected chi connectivity index (χ2v) is 6.78. The minimum Gasteiger partial charge on any atom is -0.338 e. The van der Waals surface area contributed by atoms with Crippen molar-refractivity contribution in [1.29, 1.82) is 0 Å². The number of sulfonamides is 1. The second-order valence-electron chi connectivity index (χ2n) is 5.22. The molecule has 0 atom stereocenters. The monoisotopic (exact) mass is 311 g/mol. The van der Waals surface area contributed by atoms with Gasteiger partial charge in [-0.3, -0.25) is 0 Å². The number of rotatable bonds is 4. The van der Waals surface area contributed by atoms with Crippen LogP contribution in [0.25, 0.3) is 0 Å². The highest BCUT2D eigenvalue weighted by Gasteiger charge is 2.15. The molecule has 0 bridgehead atoms. The lowest BCUT2D eigenvalue weighted by Gasteiger charge is -2.26. The van der Waals surface area contributed by atoms with E-state index in [2.05, 4.69) is 5.32 Å². The van der Waals surface area contributed by atoms with Crippen molar-refractivity contribution in [3.05, 3.63) is 29.8 Å². The first-order valence-electron chi connectivity index (χ1n) is 7.11. The van der Waals surface area contributed by atoms with Crippen molar-refractivity contribution >= 4 is 16.1 Å². The van der Waals surface area contributed by atoms with Gasteiger partial charge in [-0.1, -0.05) is 12.1 Å². The number of carbonyl (C=O) groups excluding carboxylic acids is 1. The highest BCUT2D eigenvalue weighted by atomic mass is 32.2. The topological polar surface area (TPSA) is 92.5 Å². The van der Waals surface area contributed by atoms with E-state index in [9.17, 15) is 13.2 Å². The molecule has 0 spiro atoms. The summed E-state index contributed by atoms with van der Waals surface area (Å²) in [5.41, 5.74) is 0.960. The number of primary sulfonamides is 1. The van der Waals surface area contributed by atoms with E-state index in [0.29, 0.717) is 13.0 Å². The van der Waals surface area contributed by atoms with E-state index in [-0.39, 0.29) is 10.9 Å². The molecule has 2 amide bonds. The molecule has 0 aromatic heterocycles. The zero-order chi connectivity index (χ0) is 15.3. The fraction of sp³-hybridized carbons (Fsp3) is 0.500. The Morgan fingerprint density at radius 3 is 2.33 bits per heavy atom. The normalized spacial score (nSPS) is 15.8. The summed E-state index contributed by atoms with van der Waals surface area (Å²) >= 11 is 0. The number of urea groups is 1. The first kappa shape index (κ1) is 15.8. The number of hydrogen-bond acceptors (Lipinski definition) is 3. The summed E-state index contributed by atoms with van der Waals surface area (Å²) in [7, 11) is -3.64. The molecule has 116 valence electrons. The van der Waals surface area contributed by atoms with Gasteiger partial charge in [0.1, 0.15) is 0 Å². The van der Waals surface area contributed by atoms with E-state index in [4.69, 9.17) is 5.14 Å². The van der Waals surface area contributed by atoms with Gasteiger partial charge in [0.25, 0.3) is 0 Å². The molecule has 3 N–H and O–H groups in total. The van der Waals surface area contributed by atoms with Crippen molar-refractivity contribution in [1.82, 2.24) is 10.2 Å². The number of amides is 2. The maximum Gasteiger partial charge on any atom is 0.317 e. The van der Waals surface area contributed by atoms with Crippen LogP contribution in [0.5, 0.6) is 0 Å². The third-order valence-electron chi connectivity index (χ3n) is 3.59. The van der Waals surface area contributed by atoms with Crippen LogP contribution in [0.1, 0.15) is 24.8 Å². The van der Waals surface area contributed by atoms with Crippen LogP contribution in [0.2, 0.25) is 0 Å². The Bertz CT molecular complexity index is 578. The average molecular weight is 311 g/mol. The molecular weight excluding hydrogens is 290 g/mol. The maximum atomic E-state index is 11.9. The largest absolute Gasteiger partial charge is 0.338 e. The number of nitrogens with two attached hydrogens (primary N) is 1. The van der Waals surface area contributed by atoms with Gasteiger partial charge in [-0.15, -0.1) is 0 Å². The van der Waals surface area contributed by atoms with Gasteiger partial charge < -0.3 is 10.2 Å². The Kier molecular flexibility index (Phi) is 5.19. The summed E-state index contributed by atoms with van der Waals surface area (Å²) in [5, 5.41) is 7.93. The van der Waals surface area contributed by atoms with Crippen LogP contribution in [-0.4, -0.2) is 39.0 Å². The lowest BCUT2D eigenvalue weighted by atomic mass is 10.1. The molecule has 1 aromatic carbocycles. The third kappa shape index (κ3) is 4.71. The summed E-state index contributed by atoms with van der Waals surface area (Å²) in [6, 6.07) is 6.38. The average Bonchev–Trinajstić information content (AvgIpc) is 2.47. The maximum absolute atomic E-state index is 11.9. The molecule has 1 saturated heterocycles. The van der Waals surface area contributed by atoms with Gasteiger partial charge in [0.2, 0.25) is 10.0 Å². The van der Waals surface area contributed by atoms with Crippen LogP contribution in [0.15, 0.2) is 29.2 Å². The number of carbonyl (C=O) groups is 1. The van der Waals surface area contributed by atoms with Gasteiger partial charge >= 0.3 is 6.03 Å². The highest BCUT2D eigenvalue weighted by Crippen LogP contribution is 2.10. The molecule has 7 heteroatoms. The molecular formula is C14H21N3O3S. The Hall–Kier alpha value is -1.60. The fourth-order valence-corrected chi connectivity index (χ4v) is 2.88. The Morgan fingerprint density at radius 2 is 1.76 bits per heavy atom. The van der Waals surface area contributed by atoms with E-state index < -0.39 is 10.0 Å². The van der Waals surface area contributed by atoms with Gasteiger partial charge in [-0.25, -0.2) is 18.4 Å². The SMILES string of the molecule is NS(=O)(=O)c1ccc(CCNC(=O)N2CCCCC2)cc1. The molecule has 1 aliphatic rings. The predicted molar refractivity (Wildman–Crippen MR) is 80.3 cm³/mol. The first-order valence-corrected chi connectivity index (χ1v) is 8.66. The van der Waals surface area contributed by atoms with Gasteiger partial charge in [0.05, 0.1) is 4.90 Å². The van der Waals surface area contributed by atoms with E-state index in [1.807, 2.05) is 4.90 Å². The minimum atomic E-state index is -3.64. The molecule has 2 rings (SSSR count). The third-order valence-corrected chi connectivity index (χ3v) is 4.51. The van der Waals surface area contributed by atoms with Crippen molar-refractivity contribution in [2.45, 2.75) is 30.6 Å². The van der Waals surface area contributed by atoms with Crippen LogP contribution in [-0.2, 0) is 16.4 Å². The number of nitrogens with one attached hydrogen (secondary N) is 1. The standard InChI is InChI=1S/C14H21N3O3S/c15-21(19,20)13-6-4-12(5-7-13)8-9-16-14(18)17-10-2-1-3-11-17/h4-7H,1-3,8-11H2,(H,16,18)(H2,15,19,20). The molecule has 0 unspecified atom stereocenters. The number of nitrogens with zero attached hydrogens (tertiary/aromatic N) is 1. The van der Waals surface area contributed by atoms with Crippen molar-refractivity contribution < 1.29 is 13.2 Å².